The average Bonchev–Trinajstić information content (AvgIpc) is 2.48. The minimum absolute atomic E-state index is 0.193. The lowest BCUT2D eigenvalue weighted by Gasteiger charge is -2.46. The van der Waals surface area contributed by atoms with Crippen LogP contribution in [0.1, 0.15) is 51.5 Å². The van der Waals surface area contributed by atoms with E-state index in [1.807, 2.05) is 18.2 Å². The van der Waals surface area contributed by atoms with Gasteiger partial charge in [0.15, 0.2) is 0 Å². The van der Waals surface area contributed by atoms with Crippen molar-refractivity contribution in [2.45, 2.75) is 64.5 Å². The average molecular weight is 314 g/mol. The first-order valence-electron chi connectivity index (χ1n) is 9.06. The van der Waals surface area contributed by atoms with Crippen LogP contribution in [0, 0.1) is 17.3 Å². The summed E-state index contributed by atoms with van der Waals surface area (Å²) in [6.07, 6.45) is 6.65. The minimum atomic E-state index is -0.380. The molecule has 3 nitrogen and oxygen atoms in total. The number of fused-ring (bicyclic) bond motifs is 2. The van der Waals surface area contributed by atoms with Gasteiger partial charge in [-0.05, 0) is 49.5 Å². The first kappa shape index (κ1) is 16.5. The van der Waals surface area contributed by atoms with Crippen LogP contribution in [0.2, 0.25) is 0 Å². The third kappa shape index (κ3) is 3.77. The highest BCUT2D eigenvalue weighted by atomic mass is 16.2. The molecule has 0 spiro atoms. The van der Waals surface area contributed by atoms with Gasteiger partial charge in [0.1, 0.15) is 0 Å². The Morgan fingerprint density at radius 2 is 1.78 bits per heavy atom. The third-order valence-corrected chi connectivity index (χ3v) is 5.78. The molecular weight excluding hydrogens is 284 g/mol. The Labute approximate surface area is 140 Å². The topological polar surface area (TPSA) is 55.1 Å². The predicted octanol–water partition coefficient (Wildman–Crippen LogP) is 3.28. The molecule has 0 saturated heterocycles. The molecule has 1 amide bonds. The maximum absolute atomic E-state index is 12.9. The molecule has 3 rings (SSSR count). The molecule has 2 atom stereocenters. The summed E-state index contributed by atoms with van der Waals surface area (Å²) in [5.74, 6) is 1.35. The van der Waals surface area contributed by atoms with Crippen LogP contribution in [-0.2, 0) is 11.2 Å². The molecule has 2 saturated carbocycles. The highest BCUT2D eigenvalue weighted by Crippen LogP contribution is 2.40. The van der Waals surface area contributed by atoms with E-state index in [2.05, 4.69) is 31.3 Å². The van der Waals surface area contributed by atoms with Gasteiger partial charge in [-0.2, -0.15) is 0 Å². The first-order chi connectivity index (χ1) is 11.0. The van der Waals surface area contributed by atoms with Crippen molar-refractivity contribution in [1.82, 2.24) is 5.32 Å². The van der Waals surface area contributed by atoms with Gasteiger partial charge < -0.3 is 11.1 Å². The van der Waals surface area contributed by atoms with Crippen molar-refractivity contribution in [3.05, 3.63) is 35.9 Å². The molecule has 0 radical (unpaired) electrons. The number of benzene rings is 1. The third-order valence-electron chi connectivity index (χ3n) is 5.78. The van der Waals surface area contributed by atoms with Crippen molar-refractivity contribution in [2.75, 3.05) is 0 Å². The summed E-state index contributed by atoms with van der Waals surface area (Å²) in [7, 11) is 0. The monoisotopic (exact) mass is 314 g/mol. The Morgan fingerprint density at radius 3 is 2.39 bits per heavy atom. The van der Waals surface area contributed by atoms with Gasteiger partial charge in [0.05, 0.1) is 0 Å². The van der Waals surface area contributed by atoms with Crippen LogP contribution < -0.4 is 11.1 Å². The van der Waals surface area contributed by atoms with E-state index in [9.17, 15) is 4.79 Å². The lowest BCUT2D eigenvalue weighted by atomic mass is 9.66. The molecule has 1 aromatic rings. The van der Waals surface area contributed by atoms with Crippen molar-refractivity contribution in [2.24, 2.45) is 23.0 Å². The van der Waals surface area contributed by atoms with Gasteiger partial charge in [-0.25, -0.2) is 0 Å². The van der Waals surface area contributed by atoms with Crippen LogP contribution in [0.4, 0.5) is 0 Å². The summed E-state index contributed by atoms with van der Waals surface area (Å²) in [6, 6.07) is 11.0. The number of hydrogen-bond acceptors (Lipinski definition) is 2. The van der Waals surface area contributed by atoms with Crippen molar-refractivity contribution < 1.29 is 4.79 Å². The molecule has 2 unspecified atom stereocenters. The van der Waals surface area contributed by atoms with Crippen LogP contribution in [0.15, 0.2) is 30.3 Å². The number of carbonyl (C=O) groups is 1. The molecule has 3 N–H and O–H groups in total. The summed E-state index contributed by atoms with van der Waals surface area (Å²) in [6.45, 7) is 4.11. The van der Waals surface area contributed by atoms with E-state index in [4.69, 9.17) is 5.73 Å². The van der Waals surface area contributed by atoms with Crippen LogP contribution in [-0.4, -0.2) is 18.0 Å². The van der Waals surface area contributed by atoms with E-state index < -0.39 is 0 Å². The second-order valence-corrected chi connectivity index (χ2v) is 8.23. The van der Waals surface area contributed by atoms with Gasteiger partial charge in [0.2, 0.25) is 5.91 Å². The Morgan fingerprint density at radius 1 is 1.17 bits per heavy atom. The predicted molar refractivity (Wildman–Crippen MR) is 93.9 cm³/mol. The van der Waals surface area contributed by atoms with Gasteiger partial charge in [-0.15, -0.1) is 0 Å². The minimum Gasteiger partial charge on any atom is -0.352 e. The fraction of sp³-hybridized carbons (Fsp3) is 0.650. The molecule has 2 bridgehead atoms. The molecule has 0 aromatic heterocycles. The maximum Gasteiger partial charge on any atom is 0.226 e. The number of carbonyl (C=O) groups excluding carboxylic acids is 1. The quantitative estimate of drug-likeness (QED) is 0.896. The Balaban J connectivity index is 1.66. The van der Waals surface area contributed by atoms with Crippen LogP contribution >= 0.6 is 0 Å². The van der Waals surface area contributed by atoms with E-state index in [1.165, 1.54) is 24.8 Å². The Hall–Kier alpha value is -1.35. The SMILES string of the molecule is CC(C)(Cc1ccccc1)C(=O)NC1C2CCCC1CC(N)C2. The van der Waals surface area contributed by atoms with Crippen molar-refractivity contribution in [3.63, 3.8) is 0 Å². The molecule has 2 aliphatic rings. The zero-order chi connectivity index (χ0) is 16.4. The van der Waals surface area contributed by atoms with E-state index in [1.54, 1.807) is 0 Å². The van der Waals surface area contributed by atoms with Gasteiger partial charge >= 0.3 is 0 Å². The van der Waals surface area contributed by atoms with Crippen molar-refractivity contribution in [1.29, 1.82) is 0 Å². The molecule has 3 heteroatoms. The number of nitrogens with one attached hydrogen (secondary N) is 1. The molecule has 1 aromatic carbocycles. The highest BCUT2D eigenvalue weighted by Gasteiger charge is 2.41. The van der Waals surface area contributed by atoms with E-state index in [-0.39, 0.29) is 11.3 Å². The molecule has 0 heterocycles. The zero-order valence-electron chi connectivity index (χ0n) is 14.4. The fourth-order valence-corrected chi connectivity index (χ4v) is 4.56. The second kappa shape index (κ2) is 6.64. The molecule has 126 valence electrons. The molecule has 0 aliphatic heterocycles. The van der Waals surface area contributed by atoms with Gasteiger partial charge in [0, 0.05) is 17.5 Å². The summed E-state index contributed by atoms with van der Waals surface area (Å²) >= 11 is 0. The number of nitrogens with two attached hydrogens (primary N) is 1. The summed E-state index contributed by atoms with van der Waals surface area (Å²) < 4.78 is 0. The van der Waals surface area contributed by atoms with E-state index in [0.29, 0.717) is 23.9 Å². The van der Waals surface area contributed by atoms with Crippen molar-refractivity contribution in [3.8, 4) is 0 Å². The van der Waals surface area contributed by atoms with Crippen LogP contribution in [0.25, 0.3) is 0 Å². The lowest BCUT2D eigenvalue weighted by molar-refractivity contribution is -0.131. The fourth-order valence-electron chi connectivity index (χ4n) is 4.56. The van der Waals surface area contributed by atoms with Gasteiger partial charge in [0.25, 0.3) is 0 Å². The summed E-state index contributed by atoms with van der Waals surface area (Å²) in [4.78, 5) is 12.9. The summed E-state index contributed by atoms with van der Waals surface area (Å²) in [5, 5.41) is 3.41. The van der Waals surface area contributed by atoms with Crippen LogP contribution in [0.3, 0.4) is 0 Å². The van der Waals surface area contributed by atoms with Gasteiger partial charge in [-0.1, -0.05) is 50.6 Å². The standard InChI is InChI=1S/C20H30N2O/c1-20(2,13-14-7-4-3-5-8-14)19(23)22-18-15-9-6-10-16(18)12-17(21)11-15/h3-5,7-8,15-18H,6,9-13,21H2,1-2H3,(H,22,23). The molecular formula is C20H30N2O. The van der Waals surface area contributed by atoms with E-state index >= 15 is 0 Å². The Kier molecular flexibility index (Phi) is 4.77. The zero-order valence-corrected chi connectivity index (χ0v) is 14.4. The largest absolute Gasteiger partial charge is 0.352 e. The number of amides is 1. The molecule has 23 heavy (non-hydrogen) atoms. The van der Waals surface area contributed by atoms with Crippen LogP contribution in [0.5, 0.6) is 0 Å². The Bertz CT molecular complexity index is 526. The lowest BCUT2D eigenvalue weighted by Crippen LogP contribution is -2.56. The number of rotatable bonds is 4. The second-order valence-electron chi connectivity index (χ2n) is 8.23. The highest BCUT2D eigenvalue weighted by molar-refractivity contribution is 5.82. The molecule has 2 aliphatic carbocycles. The maximum atomic E-state index is 12.9. The molecule has 2 fully saturated rings. The van der Waals surface area contributed by atoms with Crippen molar-refractivity contribution >= 4 is 5.91 Å². The normalized spacial score (nSPS) is 30.7. The smallest absolute Gasteiger partial charge is 0.226 e. The summed E-state index contributed by atoms with van der Waals surface area (Å²) in [5.41, 5.74) is 7.03. The van der Waals surface area contributed by atoms with Gasteiger partial charge in [-0.3, -0.25) is 4.79 Å². The van der Waals surface area contributed by atoms with E-state index in [0.717, 1.165) is 19.3 Å². The first-order valence-corrected chi connectivity index (χ1v) is 9.06. The number of hydrogen-bond donors (Lipinski definition) is 2.